The Labute approximate surface area is 129 Å². The molecule has 0 bridgehead atoms. The molecule has 0 fully saturated rings. The van der Waals surface area contributed by atoms with Crippen molar-refractivity contribution in [3.05, 3.63) is 41.8 Å². The summed E-state index contributed by atoms with van der Waals surface area (Å²) in [6.07, 6.45) is 1.14. The van der Waals surface area contributed by atoms with Gasteiger partial charge in [-0.05, 0) is 27.1 Å². The third-order valence-corrected chi connectivity index (χ3v) is 4.02. The molecule has 0 saturated heterocycles. The van der Waals surface area contributed by atoms with Crippen LogP contribution in [0.25, 0.3) is 22.2 Å². The molecule has 0 aliphatic rings. The number of aryl methyl sites for hydroxylation is 2. The van der Waals surface area contributed by atoms with Crippen molar-refractivity contribution in [2.75, 3.05) is 20.6 Å². The summed E-state index contributed by atoms with van der Waals surface area (Å²) in [4.78, 5) is 1.98. The molecule has 3 aromatic rings. The van der Waals surface area contributed by atoms with Crippen LogP contribution in [0.2, 0.25) is 0 Å². The molecule has 2 heterocycles. The van der Waals surface area contributed by atoms with Crippen LogP contribution in [-0.2, 0) is 7.05 Å². The number of fused-ring (bicyclic) bond motifs is 1. The van der Waals surface area contributed by atoms with E-state index in [1.807, 2.05) is 45.1 Å². The molecule has 2 aromatic heterocycles. The number of benzene rings is 1. The van der Waals surface area contributed by atoms with Gasteiger partial charge in [0.15, 0.2) is 0 Å². The molecule has 116 valence electrons. The van der Waals surface area contributed by atoms with Crippen molar-refractivity contribution < 1.29 is 9.63 Å². The number of nitrogens with zero attached hydrogens (tertiary/aromatic N) is 3. The van der Waals surface area contributed by atoms with E-state index in [2.05, 4.69) is 21.9 Å². The molecule has 1 unspecified atom stereocenters. The maximum atomic E-state index is 10.8. The summed E-state index contributed by atoms with van der Waals surface area (Å²) in [6, 6.07) is 8.12. The largest absolute Gasteiger partial charge is 0.387 e. The number of aliphatic hydroxyl groups is 1. The zero-order valence-corrected chi connectivity index (χ0v) is 13.4. The standard InChI is InChI=1S/C17H21N3O2/c1-11-13(9-18-22-11)17-16(15(21)10-19(2)3)12-7-5-6-8-14(12)20(17)4/h5-9,15,21H,10H2,1-4H3. The monoisotopic (exact) mass is 299 g/mol. The van der Waals surface area contributed by atoms with Crippen molar-refractivity contribution in [2.24, 2.45) is 7.05 Å². The fraction of sp³-hybridized carbons (Fsp3) is 0.353. The van der Waals surface area contributed by atoms with E-state index >= 15 is 0 Å². The molecule has 5 nitrogen and oxygen atoms in total. The second kappa shape index (κ2) is 5.59. The molecule has 1 aromatic carbocycles. The Bertz CT molecular complexity index is 801. The lowest BCUT2D eigenvalue weighted by molar-refractivity contribution is 0.140. The number of rotatable bonds is 4. The van der Waals surface area contributed by atoms with Gasteiger partial charge in [-0.1, -0.05) is 23.4 Å². The van der Waals surface area contributed by atoms with Gasteiger partial charge < -0.3 is 19.1 Å². The molecule has 0 saturated carbocycles. The lowest BCUT2D eigenvalue weighted by atomic mass is 10.0. The zero-order chi connectivity index (χ0) is 15.9. The third-order valence-electron chi connectivity index (χ3n) is 4.02. The third kappa shape index (κ3) is 2.32. The molecule has 1 N–H and O–H groups in total. The number of aliphatic hydroxyl groups excluding tert-OH is 1. The summed E-state index contributed by atoms with van der Waals surface area (Å²) in [5, 5.41) is 15.7. The minimum atomic E-state index is -0.578. The van der Waals surface area contributed by atoms with Gasteiger partial charge in [0.05, 0.1) is 23.6 Å². The van der Waals surface area contributed by atoms with Crippen molar-refractivity contribution in [3.8, 4) is 11.3 Å². The number of likely N-dealkylation sites (N-methyl/N-ethyl adjacent to an activating group) is 1. The SMILES string of the molecule is Cc1oncc1-c1c(C(O)CN(C)C)c2ccccc2n1C. The highest BCUT2D eigenvalue weighted by Crippen LogP contribution is 2.38. The Hall–Kier alpha value is -2.11. The second-order valence-electron chi connectivity index (χ2n) is 5.91. The maximum absolute atomic E-state index is 10.8. The van der Waals surface area contributed by atoms with E-state index in [0.717, 1.165) is 33.5 Å². The Morgan fingerprint density at radius 1 is 1.32 bits per heavy atom. The first-order valence-corrected chi connectivity index (χ1v) is 7.32. The van der Waals surface area contributed by atoms with Gasteiger partial charge in [0, 0.05) is 30.1 Å². The summed E-state index contributed by atoms with van der Waals surface area (Å²) in [7, 11) is 5.92. The predicted octanol–water partition coefficient (Wildman–Crippen LogP) is 2.74. The Kier molecular flexibility index (Phi) is 3.76. The topological polar surface area (TPSA) is 54.4 Å². The normalized spacial score (nSPS) is 13.2. The van der Waals surface area contributed by atoms with Crippen LogP contribution in [-0.4, -0.2) is 40.4 Å². The van der Waals surface area contributed by atoms with E-state index < -0.39 is 6.10 Å². The number of aromatic nitrogens is 2. The summed E-state index contributed by atoms with van der Waals surface area (Å²) >= 11 is 0. The van der Waals surface area contributed by atoms with Crippen molar-refractivity contribution in [2.45, 2.75) is 13.0 Å². The molecule has 0 spiro atoms. The minimum Gasteiger partial charge on any atom is -0.387 e. The summed E-state index contributed by atoms with van der Waals surface area (Å²) in [5.41, 5.74) is 3.91. The average molecular weight is 299 g/mol. The Morgan fingerprint density at radius 3 is 2.68 bits per heavy atom. The second-order valence-corrected chi connectivity index (χ2v) is 5.91. The van der Waals surface area contributed by atoms with Crippen molar-refractivity contribution in [1.82, 2.24) is 14.6 Å². The number of hydrogen-bond acceptors (Lipinski definition) is 4. The van der Waals surface area contributed by atoms with Crippen LogP contribution in [0.4, 0.5) is 0 Å². The number of hydrogen-bond donors (Lipinski definition) is 1. The highest BCUT2D eigenvalue weighted by atomic mass is 16.5. The first-order valence-electron chi connectivity index (χ1n) is 7.32. The van der Waals surface area contributed by atoms with Gasteiger partial charge in [0.2, 0.25) is 0 Å². The first-order chi connectivity index (χ1) is 10.5. The van der Waals surface area contributed by atoms with Crippen LogP contribution in [0, 0.1) is 6.92 Å². The molecule has 5 heteroatoms. The maximum Gasteiger partial charge on any atom is 0.142 e. The molecular formula is C17H21N3O2. The van der Waals surface area contributed by atoms with Gasteiger partial charge in [-0.15, -0.1) is 0 Å². The van der Waals surface area contributed by atoms with Gasteiger partial charge in [-0.25, -0.2) is 0 Å². The van der Waals surface area contributed by atoms with Crippen LogP contribution >= 0.6 is 0 Å². The highest BCUT2D eigenvalue weighted by Gasteiger charge is 2.24. The van der Waals surface area contributed by atoms with Gasteiger partial charge in [-0.2, -0.15) is 0 Å². The zero-order valence-electron chi connectivity index (χ0n) is 13.4. The average Bonchev–Trinajstić information content (AvgIpc) is 3.00. The summed E-state index contributed by atoms with van der Waals surface area (Å²) in [6.45, 7) is 2.45. The molecule has 1 atom stereocenters. The van der Waals surface area contributed by atoms with Crippen molar-refractivity contribution >= 4 is 10.9 Å². The molecule has 0 radical (unpaired) electrons. The quantitative estimate of drug-likeness (QED) is 0.805. The number of para-hydroxylation sites is 1. The molecule has 0 aliphatic heterocycles. The van der Waals surface area contributed by atoms with Crippen LogP contribution in [0.15, 0.2) is 35.0 Å². The minimum absolute atomic E-state index is 0.561. The lowest BCUT2D eigenvalue weighted by Gasteiger charge is -2.17. The van der Waals surface area contributed by atoms with Gasteiger partial charge >= 0.3 is 0 Å². The van der Waals surface area contributed by atoms with Crippen LogP contribution in [0.3, 0.4) is 0 Å². The van der Waals surface area contributed by atoms with Crippen LogP contribution in [0.5, 0.6) is 0 Å². The molecular weight excluding hydrogens is 278 g/mol. The Morgan fingerprint density at radius 2 is 2.05 bits per heavy atom. The first kappa shape index (κ1) is 14.8. The fourth-order valence-electron chi connectivity index (χ4n) is 3.05. The Balaban J connectivity index is 2.30. The lowest BCUT2D eigenvalue weighted by Crippen LogP contribution is -2.20. The van der Waals surface area contributed by atoms with E-state index in [4.69, 9.17) is 4.52 Å². The van der Waals surface area contributed by atoms with Crippen molar-refractivity contribution in [1.29, 1.82) is 0 Å². The molecule has 3 rings (SSSR count). The van der Waals surface area contributed by atoms with E-state index in [1.165, 1.54) is 0 Å². The van der Waals surface area contributed by atoms with Crippen LogP contribution < -0.4 is 0 Å². The van der Waals surface area contributed by atoms with Gasteiger partial charge in [0.1, 0.15) is 5.76 Å². The van der Waals surface area contributed by atoms with E-state index in [0.29, 0.717) is 6.54 Å². The van der Waals surface area contributed by atoms with E-state index in [-0.39, 0.29) is 0 Å². The smallest absolute Gasteiger partial charge is 0.142 e. The fourth-order valence-corrected chi connectivity index (χ4v) is 3.05. The molecule has 0 aliphatic carbocycles. The van der Waals surface area contributed by atoms with Crippen molar-refractivity contribution in [3.63, 3.8) is 0 Å². The van der Waals surface area contributed by atoms with Crippen LogP contribution in [0.1, 0.15) is 17.4 Å². The van der Waals surface area contributed by atoms with Gasteiger partial charge in [0.25, 0.3) is 0 Å². The van der Waals surface area contributed by atoms with Gasteiger partial charge in [-0.3, -0.25) is 0 Å². The van der Waals surface area contributed by atoms with E-state index in [9.17, 15) is 5.11 Å². The van der Waals surface area contributed by atoms with E-state index in [1.54, 1.807) is 6.20 Å². The molecule has 0 amide bonds. The summed E-state index contributed by atoms with van der Waals surface area (Å²) in [5.74, 6) is 0.754. The molecule has 22 heavy (non-hydrogen) atoms. The summed E-state index contributed by atoms with van der Waals surface area (Å²) < 4.78 is 7.33. The predicted molar refractivity (Wildman–Crippen MR) is 86.7 cm³/mol. The highest BCUT2D eigenvalue weighted by molar-refractivity contribution is 5.92.